The maximum absolute atomic E-state index is 12.3. The number of carbonyl (C=O) groups is 1. The lowest BCUT2D eigenvalue weighted by molar-refractivity contribution is 0.0981. The predicted octanol–water partition coefficient (Wildman–Crippen LogP) is 3.77. The van der Waals surface area contributed by atoms with Gasteiger partial charge in [-0.15, -0.1) is 0 Å². The van der Waals surface area contributed by atoms with Gasteiger partial charge in [0.25, 0.3) is 5.91 Å². The van der Waals surface area contributed by atoms with Crippen molar-refractivity contribution in [1.29, 1.82) is 0 Å². The zero-order chi connectivity index (χ0) is 25.3. The van der Waals surface area contributed by atoms with Crippen LogP contribution >= 0.6 is 11.6 Å². The molecular weight excluding hydrogens is 486 g/mol. The first-order valence-corrected chi connectivity index (χ1v) is 13.3. The number of rotatable bonds is 12. The number of carbonyl (C=O) groups excluding carboxylic acids is 1. The standard InChI is InChI=1S/C26H30ClN3O4S/c1-19(28-18-25(31)22-8-5-9-23(27)16-22)17-29-24-12-10-20(11-13-24)14-15-35(33,34)30-26(32)21-6-3-2-4-7-21/h2-13,16,19,25,28-29,31H,14-15,17-18H2,1H3,(H,30,32)/t19-,25+/m1/s1. The van der Waals surface area contributed by atoms with Gasteiger partial charge in [0.15, 0.2) is 0 Å². The average Bonchev–Trinajstić information content (AvgIpc) is 2.85. The van der Waals surface area contributed by atoms with Crippen LogP contribution in [0.5, 0.6) is 0 Å². The highest BCUT2D eigenvalue weighted by atomic mass is 35.5. The van der Waals surface area contributed by atoms with E-state index in [1.165, 1.54) is 0 Å². The Kier molecular flexibility index (Phi) is 9.68. The van der Waals surface area contributed by atoms with Crippen LogP contribution in [-0.4, -0.2) is 44.3 Å². The van der Waals surface area contributed by atoms with E-state index in [1.54, 1.807) is 42.5 Å². The summed E-state index contributed by atoms with van der Waals surface area (Å²) in [6.07, 6.45) is -0.360. The molecular formula is C26H30ClN3O4S. The van der Waals surface area contributed by atoms with Crippen LogP contribution < -0.4 is 15.4 Å². The summed E-state index contributed by atoms with van der Waals surface area (Å²) in [5.41, 5.74) is 2.82. The third kappa shape index (κ3) is 8.99. The Morgan fingerprint density at radius 3 is 2.37 bits per heavy atom. The number of anilines is 1. The van der Waals surface area contributed by atoms with E-state index in [0.29, 0.717) is 23.7 Å². The minimum atomic E-state index is -3.75. The number of aliphatic hydroxyl groups excluding tert-OH is 1. The maximum atomic E-state index is 12.3. The van der Waals surface area contributed by atoms with Crippen LogP contribution in [-0.2, 0) is 16.4 Å². The molecule has 0 spiro atoms. The molecule has 186 valence electrons. The van der Waals surface area contributed by atoms with E-state index in [-0.39, 0.29) is 18.2 Å². The smallest absolute Gasteiger partial charge is 0.264 e. The minimum absolute atomic E-state index is 0.0990. The minimum Gasteiger partial charge on any atom is -0.387 e. The highest BCUT2D eigenvalue weighted by molar-refractivity contribution is 7.90. The van der Waals surface area contributed by atoms with Crippen LogP contribution in [0.15, 0.2) is 78.9 Å². The van der Waals surface area contributed by atoms with Crippen molar-refractivity contribution in [3.63, 3.8) is 0 Å². The van der Waals surface area contributed by atoms with E-state index in [1.807, 2.05) is 43.3 Å². The van der Waals surface area contributed by atoms with Crippen molar-refractivity contribution in [3.05, 3.63) is 101 Å². The van der Waals surface area contributed by atoms with Crippen LogP contribution in [0.2, 0.25) is 5.02 Å². The van der Waals surface area contributed by atoms with Crippen LogP contribution in [0.4, 0.5) is 5.69 Å². The maximum Gasteiger partial charge on any atom is 0.264 e. The zero-order valence-corrected chi connectivity index (χ0v) is 21.0. The molecule has 0 aromatic heterocycles. The molecule has 0 heterocycles. The molecule has 1 amide bonds. The van der Waals surface area contributed by atoms with Crippen LogP contribution in [0.3, 0.4) is 0 Å². The van der Waals surface area contributed by atoms with Gasteiger partial charge in [-0.2, -0.15) is 0 Å². The third-order valence-electron chi connectivity index (χ3n) is 5.40. The number of halogens is 1. The Labute approximate surface area is 211 Å². The molecule has 7 nitrogen and oxygen atoms in total. The van der Waals surface area contributed by atoms with Crippen molar-refractivity contribution < 1.29 is 18.3 Å². The van der Waals surface area contributed by atoms with E-state index in [2.05, 4.69) is 15.4 Å². The Bertz CT molecular complexity index is 1200. The fourth-order valence-electron chi connectivity index (χ4n) is 3.37. The SMILES string of the molecule is C[C@H](CNc1ccc(CCS(=O)(=O)NC(=O)c2ccccc2)cc1)NC[C@H](O)c1cccc(Cl)c1. The number of amides is 1. The van der Waals surface area contributed by atoms with Crippen LogP contribution in [0, 0.1) is 0 Å². The lowest BCUT2D eigenvalue weighted by atomic mass is 10.1. The van der Waals surface area contributed by atoms with Crippen molar-refractivity contribution in [3.8, 4) is 0 Å². The topological polar surface area (TPSA) is 108 Å². The highest BCUT2D eigenvalue weighted by Crippen LogP contribution is 2.17. The summed E-state index contributed by atoms with van der Waals surface area (Å²) in [6, 6.07) is 23.0. The summed E-state index contributed by atoms with van der Waals surface area (Å²) in [5.74, 6) is -0.818. The molecule has 0 aliphatic rings. The summed E-state index contributed by atoms with van der Waals surface area (Å²) in [5, 5.41) is 17.5. The molecule has 0 aliphatic carbocycles. The number of sulfonamides is 1. The van der Waals surface area contributed by atoms with Gasteiger partial charge >= 0.3 is 0 Å². The summed E-state index contributed by atoms with van der Waals surface area (Å²) in [4.78, 5) is 12.1. The van der Waals surface area contributed by atoms with Crippen molar-refractivity contribution in [2.24, 2.45) is 0 Å². The second-order valence-corrected chi connectivity index (χ2v) is 10.6. The number of hydrogen-bond donors (Lipinski definition) is 4. The lowest BCUT2D eigenvalue weighted by Crippen LogP contribution is -2.35. The van der Waals surface area contributed by atoms with Gasteiger partial charge in [0.1, 0.15) is 0 Å². The molecule has 35 heavy (non-hydrogen) atoms. The number of benzene rings is 3. The summed E-state index contributed by atoms with van der Waals surface area (Å²) in [6.45, 7) is 3.06. The Hall–Kier alpha value is -2.91. The molecule has 4 N–H and O–H groups in total. The normalized spacial score (nSPS) is 13.1. The molecule has 0 saturated heterocycles. The molecule has 3 rings (SSSR count). The molecule has 0 fully saturated rings. The first kappa shape index (κ1) is 26.7. The van der Waals surface area contributed by atoms with Crippen molar-refractivity contribution >= 4 is 33.2 Å². The third-order valence-corrected chi connectivity index (χ3v) is 6.88. The number of hydrogen-bond acceptors (Lipinski definition) is 6. The van der Waals surface area contributed by atoms with Crippen LogP contribution in [0.25, 0.3) is 0 Å². The van der Waals surface area contributed by atoms with E-state index in [9.17, 15) is 18.3 Å². The molecule has 0 bridgehead atoms. The fourth-order valence-corrected chi connectivity index (χ4v) is 4.58. The summed E-state index contributed by atoms with van der Waals surface area (Å²) in [7, 11) is -3.75. The van der Waals surface area contributed by atoms with E-state index < -0.39 is 22.0 Å². The molecule has 3 aromatic rings. The number of aliphatic hydroxyl groups is 1. The lowest BCUT2D eigenvalue weighted by Gasteiger charge is -2.18. The Balaban J connectivity index is 1.40. The Morgan fingerprint density at radius 1 is 0.971 bits per heavy atom. The first-order valence-electron chi connectivity index (χ1n) is 11.3. The molecule has 0 radical (unpaired) electrons. The monoisotopic (exact) mass is 515 g/mol. The highest BCUT2D eigenvalue weighted by Gasteiger charge is 2.16. The molecule has 0 aliphatic heterocycles. The van der Waals surface area contributed by atoms with E-state index in [0.717, 1.165) is 16.8 Å². The van der Waals surface area contributed by atoms with Gasteiger partial charge in [-0.25, -0.2) is 13.1 Å². The molecule has 2 atom stereocenters. The fraction of sp³-hybridized carbons (Fsp3) is 0.269. The van der Waals surface area contributed by atoms with Gasteiger partial charge in [0.2, 0.25) is 10.0 Å². The molecule has 9 heteroatoms. The van der Waals surface area contributed by atoms with E-state index in [4.69, 9.17) is 11.6 Å². The van der Waals surface area contributed by atoms with Crippen molar-refractivity contribution in [2.45, 2.75) is 25.5 Å². The van der Waals surface area contributed by atoms with Gasteiger partial charge in [-0.05, 0) is 60.9 Å². The molecule has 0 saturated carbocycles. The molecule has 3 aromatic carbocycles. The van der Waals surface area contributed by atoms with Crippen molar-refractivity contribution in [1.82, 2.24) is 10.0 Å². The van der Waals surface area contributed by atoms with Gasteiger partial charge < -0.3 is 15.7 Å². The van der Waals surface area contributed by atoms with Gasteiger partial charge in [0, 0.05) is 35.4 Å². The largest absolute Gasteiger partial charge is 0.387 e. The zero-order valence-electron chi connectivity index (χ0n) is 19.4. The second kappa shape index (κ2) is 12.7. The van der Waals surface area contributed by atoms with E-state index >= 15 is 0 Å². The van der Waals surface area contributed by atoms with Crippen LogP contribution in [0.1, 0.15) is 34.5 Å². The molecule has 0 unspecified atom stereocenters. The second-order valence-electron chi connectivity index (χ2n) is 8.32. The Morgan fingerprint density at radius 2 is 1.69 bits per heavy atom. The van der Waals surface area contributed by atoms with Gasteiger partial charge in [-0.1, -0.05) is 54.1 Å². The predicted molar refractivity (Wildman–Crippen MR) is 140 cm³/mol. The first-order chi connectivity index (χ1) is 16.7. The summed E-state index contributed by atoms with van der Waals surface area (Å²) >= 11 is 5.98. The van der Waals surface area contributed by atoms with Crippen molar-refractivity contribution in [2.75, 3.05) is 24.2 Å². The number of nitrogens with one attached hydrogen (secondary N) is 3. The quantitative estimate of drug-likeness (QED) is 0.292. The number of aryl methyl sites for hydroxylation is 1. The van der Waals surface area contributed by atoms with Gasteiger partial charge in [0.05, 0.1) is 11.9 Å². The average molecular weight is 516 g/mol. The van der Waals surface area contributed by atoms with Gasteiger partial charge in [-0.3, -0.25) is 4.79 Å². The summed E-state index contributed by atoms with van der Waals surface area (Å²) < 4.78 is 26.7.